The molecule has 4 nitrogen and oxygen atoms in total. The van der Waals surface area contributed by atoms with E-state index in [1.54, 1.807) is 7.11 Å². The van der Waals surface area contributed by atoms with Gasteiger partial charge < -0.3 is 10.1 Å². The summed E-state index contributed by atoms with van der Waals surface area (Å²) in [6, 6.07) is 14.9. The predicted octanol–water partition coefficient (Wildman–Crippen LogP) is 3.47. The maximum absolute atomic E-state index is 5.17. The molecule has 1 heterocycles. The largest absolute Gasteiger partial charge is 0.383 e. The van der Waals surface area contributed by atoms with Crippen LogP contribution in [-0.2, 0) is 4.74 Å². The molecule has 0 aliphatic heterocycles. The molecule has 1 aromatic heterocycles. The van der Waals surface area contributed by atoms with E-state index >= 15 is 0 Å². The van der Waals surface area contributed by atoms with Crippen molar-refractivity contribution < 1.29 is 4.74 Å². The molecule has 0 bridgehead atoms. The van der Waals surface area contributed by atoms with E-state index in [4.69, 9.17) is 4.74 Å². The van der Waals surface area contributed by atoms with Gasteiger partial charge in [0.05, 0.1) is 12.3 Å². The standard InChI is InChI=1S/C17H19N3O/c1-13(12-21-2)19-17-18-10-11-20(17)16-9-5-7-14-6-3-4-8-15(14)16/h3-11,13H,12H2,1-2H3,(H,18,19). The number of anilines is 1. The van der Waals surface area contributed by atoms with E-state index in [1.165, 1.54) is 10.8 Å². The van der Waals surface area contributed by atoms with Gasteiger partial charge in [0.15, 0.2) is 0 Å². The number of imidazole rings is 1. The van der Waals surface area contributed by atoms with Gasteiger partial charge in [-0.2, -0.15) is 0 Å². The van der Waals surface area contributed by atoms with Crippen molar-refractivity contribution >= 4 is 16.7 Å². The van der Waals surface area contributed by atoms with Crippen molar-refractivity contribution in [3.8, 4) is 5.69 Å². The number of benzene rings is 2. The van der Waals surface area contributed by atoms with Crippen molar-refractivity contribution in [3.63, 3.8) is 0 Å². The number of nitrogens with one attached hydrogen (secondary N) is 1. The Bertz CT molecular complexity index is 730. The SMILES string of the molecule is COCC(C)Nc1nccn1-c1cccc2ccccc12. The van der Waals surface area contributed by atoms with Crippen molar-refractivity contribution in [1.82, 2.24) is 9.55 Å². The summed E-state index contributed by atoms with van der Waals surface area (Å²) in [5.74, 6) is 0.830. The first-order valence-corrected chi connectivity index (χ1v) is 7.06. The first-order valence-electron chi connectivity index (χ1n) is 7.06. The molecule has 3 aromatic rings. The normalized spacial score (nSPS) is 12.5. The highest BCUT2D eigenvalue weighted by Gasteiger charge is 2.10. The molecule has 0 saturated heterocycles. The average Bonchev–Trinajstić information content (AvgIpc) is 2.95. The minimum atomic E-state index is 0.200. The molecule has 2 aromatic carbocycles. The zero-order valence-corrected chi connectivity index (χ0v) is 12.3. The van der Waals surface area contributed by atoms with Crippen molar-refractivity contribution in [3.05, 3.63) is 54.9 Å². The first kappa shape index (κ1) is 13.6. The van der Waals surface area contributed by atoms with Gasteiger partial charge in [0.1, 0.15) is 0 Å². The summed E-state index contributed by atoms with van der Waals surface area (Å²) in [6.07, 6.45) is 3.78. The number of fused-ring (bicyclic) bond motifs is 1. The Kier molecular flexibility index (Phi) is 3.88. The van der Waals surface area contributed by atoms with Crippen LogP contribution in [0, 0.1) is 0 Å². The van der Waals surface area contributed by atoms with E-state index in [0.717, 1.165) is 11.6 Å². The summed E-state index contributed by atoms with van der Waals surface area (Å²) in [5, 5.41) is 5.81. The summed E-state index contributed by atoms with van der Waals surface area (Å²) in [5.41, 5.74) is 1.12. The minimum Gasteiger partial charge on any atom is -0.383 e. The molecule has 1 N–H and O–H groups in total. The summed E-state index contributed by atoms with van der Waals surface area (Å²) in [6.45, 7) is 2.72. The number of methoxy groups -OCH3 is 1. The summed E-state index contributed by atoms with van der Waals surface area (Å²) < 4.78 is 7.25. The van der Waals surface area contributed by atoms with Crippen LogP contribution in [0.3, 0.4) is 0 Å². The molecule has 0 aliphatic carbocycles. The lowest BCUT2D eigenvalue weighted by molar-refractivity contribution is 0.190. The molecule has 1 atom stereocenters. The smallest absolute Gasteiger partial charge is 0.207 e. The van der Waals surface area contributed by atoms with Crippen molar-refractivity contribution in [2.45, 2.75) is 13.0 Å². The molecular weight excluding hydrogens is 262 g/mol. The van der Waals surface area contributed by atoms with E-state index < -0.39 is 0 Å². The minimum absolute atomic E-state index is 0.200. The van der Waals surface area contributed by atoms with Gasteiger partial charge in [0, 0.05) is 30.9 Å². The van der Waals surface area contributed by atoms with Crippen molar-refractivity contribution in [1.29, 1.82) is 0 Å². The van der Waals surface area contributed by atoms with Gasteiger partial charge in [-0.15, -0.1) is 0 Å². The fourth-order valence-corrected chi connectivity index (χ4v) is 2.54. The van der Waals surface area contributed by atoms with Crippen LogP contribution in [0.4, 0.5) is 5.95 Å². The lowest BCUT2D eigenvalue weighted by Crippen LogP contribution is -2.22. The van der Waals surface area contributed by atoms with Crippen LogP contribution in [0.2, 0.25) is 0 Å². The lowest BCUT2D eigenvalue weighted by Gasteiger charge is -2.16. The highest BCUT2D eigenvalue weighted by Crippen LogP contribution is 2.24. The monoisotopic (exact) mass is 281 g/mol. The molecule has 0 saturated carbocycles. The summed E-state index contributed by atoms with van der Waals surface area (Å²) in [7, 11) is 1.70. The van der Waals surface area contributed by atoms with Gasteiger partial charge in [-0.3, -0.25) is 4.57 Å². The number of hydrogen-bond acceptors (Lipinski definition) is 3. The highest BCUT2D eigenvalue weighted by atomic mass is 16.5. The Hall–Kier alpha value is -2.33. The number of aromatic nitrogens is 2. The maximum atomic E-state index is 5.17. The molecule has 21 heavy (non-hydrogen) atoms. The summed E-state index contributed by atoms with van der Waals surface area (Å²) >= 11 is 0. The van der Waals surface area contributed by atoms with Gasteiger partial charge >= 0.3 is 0 Å². The van der Waals surface area contributed by atoms with Crippen molar-refractivity contribution in [2.24, 2.45) is 0 Å². The second kappa shape index (κ2) is 5.97. The third kappa shape index (κ3) is 2.76. The third-order valence-electron chi connectivity index (χ3n) is 3.46. The van der Waals surface area contributed by atoms with Crippen molar-refractivity contribution in [2.75, 3.05) is 19.0 Å². The molecular formula is C17H19N3O. The number of hydrogen-bond donors (Lipinski definition) is 1. The molecule has 0 amide bonds. The zero-order chi connectivity index (χ0) is 14.7. The fraction of sp³-hybridized carbons (Fsp3) is 0.235. The van der Waals surface area contributed by atoms with E-state index in [1.807, 2.05) is 12.4 Å². The Morgan fingerprint density at radius 1 is 1.19 bits per heavy atom. The fourth-order valence-electron chi connectivity index (χ4n) is 2.54. The van der Waals surface area contributed by atoms with E-state index in [2.05, 4.69) is 64.3 Å². The van der Waals surface area contributed by atoms with Crippen LogP contribution in [0.25, 0.3) is 16.5 Å². The molecule has 0 radical (unpaired) electrons. The Balaban J connectivity index is 2.02. The molecule has 4 heteroatoms. The Morgan fingerprint density at radius 3 is 2.86 bits per heavy atom. The second-order valence-corrected chi connectivity index (χ2v) is 5.12. The Morgan fingerprint density at radius 2 is 2.00 bits per heavy atom. The van der Waals surface area contributed by atoms with Crippen LogP contribution >= 0.6 is 0 Å². The van der Waals surface area contributed by atoms with Crippen LogP contribution < -0.4 is 5.32 Å². The van der Waals surface area contributed by atoms with E-state index in [0.29, 0.717) is 6.61 Å². The van der Waals surface area contributed by atoms with Gasteiger partial charge in [0.2, 0.25) is 5.95 Å². The summed E-state index contributed by atoms with van der Waals surface area (Å²) in [4.78, 5) is 4.42. The molecule has 0 aliphatic rings. The van der Waals surface area contributed by atoms with Gasteiger partial charge in [0.25, 0.3) is 0 Å². The van der Waals surface area contributed by atoms with Gasteiger partial charge in [-0.05, 0) is 18.4 Å². The van der Waals surface area contributed by atoms with Crippen LogP contribution in [0.1, 0.15) is 6.92 Å². The Labute approximate surface area is 124 Å². The second-order valence-electron chi connectivity index (χ2n) is 5.12. The maximum Gasteiger partial charge on any atom is 0.207 e. The predicted molar refractivity (Wildman–Crippen MR) is 86.0 cm³/mol. The molecule has 0 fully saturated rings. The van der Waals surface area contributed by atoms with E-state index in [9.17, 15) is 0 Å². The molecule has 3 rings (SSSR count). The first-order chi connectivity index (χ1) is 10.3. The van der Waals surface area contributed by atoms with Crippen LogP contribution in [0.15, 0.2) is 54.9 Å². The zero-order valence-electron chi connectivity index (χ0n) is 12.3. The number of rotatable bonds is 5. The van der Waals surface area contributed by atoms with Crippen LogP contribution in [0.5, 0.6) is 0 Å². The topological polar surface area (TPSA) is 39.1 Å². The molecule has 0 spiro atoms. The molecule has 1 unspecified atom stereocenters. The quantitative estimate of drug-likeness (QED) is 0.778. The average molecular weight is 281 g/mol. The molecule has 108 valence electrons. The highest BCUT2D eigenvalue weighted by molar-refractivity contribution is 5.90. The number of ether oxygens (including phenoxy) is 1. The lowest BCUT2D eigenvalue weighted by atomic mass is 10.1. The van der Waals surface area contributed by atoms with Gasteiger partial charge in [-0.1, -0.05) is 36.4 Å². The third-order valence-corrected chi connectivity index (χ3v) is 3.46. The number of nitrogens with zero attached hydrogens (tertiary/aromatic N) is 2. The van der Waals surface area contributed by atoms with Crippen LogP contribution in [-0.4, -0.2) is 29.3 Å². The van der Waals surface area contributed by atoms with Gasteiger partial charge in [-0.25, -0.2) is 4.98 Å². The van der Waals surface area contributed by atoms with E-state index in [-0.39, 0.29) is 6.04 Å².